The van der Waals surface area contributed by atoms with Crippen LogP contribution in [0.25, 0.3) is 0 Å². The fraction of sp³-hybridized carbons (Fsp3) is 0.615. The summed E-state index contributed by atoms with van der Waals surface area (Å²) >= 11 is 0. The molecule has 0 N–H and O–H groups in total. The zero-order valence-electron chi connectivity index (χ0n) is 9.65. The first-order valence-corrected chi connectivity index (χ1v) is 6.15. The Bertz CT molecular complexity index is 311. The van der Waals surface area contributed by atoms with E-state index in [-0.39, 0.29) is 5.78 Å². The molecule has 1 fully saturated rings. The summed E-state index contributed by atoms with van der Waals surface area (Å²) in [6.07, 6.45) is 7.93. The summed E-state index contributed by atoms with van der Waals surface area (Å²) in [5.41, 5.74) is 0. The Morgan fingerprint density at radius 2 is 1.88 bits per heavy atom. The zero-order valence-corrected chi connectivity index (χ0v) is 9.65. The SMILES string of the molecule is O=C(CN1CCCCCCC1)c1ccco1. The van der Waals surface area contributed by atoms with Gasteiger partial charge in [-0.15, -0.1) is 0 Å². The third kappa shape index (κ3) is 3.20. The number of rotatable bonds is 3. The quantitative estimate of drug-likeness (QED) is 0.736. The molecule has 0 aromatic carbocycles. The van der Waals surface area contributed by atoms with Crippen molar-refractivity contribution in [3.05, 3.63) is 24.2 Å². The van der Waals surface area contributed by atoms with Crippen LogP contribution < -0.4 is 0 Å². The van der Waals surface area contributed by atoms with E-state index in [0.717, 1.165) is 13.1 Å². The van der Waals surface area contributed by atoms with Crippen molar-refractivity contribution >= 4 is 5.78 Å². The molecule has 0 saturated carbocycles. The van der Waals surface area contributed by atoms with Crippen molar-refractivity contribution in [1.29, 1.82) is 0 Å². The fourth-order valence-corrected chi connectivity index (χ4v) is 2.19. The van der Waals surface area contributed by atoms with Crippen molar-refractivity contribution in [3.63, 3.8) is 0 Å². The Hall–Kier alpha value is -1.09. The van der Waals surface area contributed by atoms with E-state index < -0.39 is 0 Å². The summed E-state index contributed by atoms with van der Waals surface area (Å²) in [4.78, 5) is 14.1. The molecule has 0 bridgehead atoms. The summed E-state index contributed by atoms with van der Waals surface area (Å²) in [5, 5.41) is 0. The minimum atomic E-state index is 0.102. The number of carbonyl (C=O) groups is 1. The van der Waals surface area contributed by atoms with Crippen LogP contribution in [0.5, 0.6) is 0 Å². The number of nitrogens with zero attached hydrogens (tertiary/aromatic N) is 1. The lowest BCUT2D eigenvalue weighted by molar-refractivity contribution is 0.0897. The van der Waals surface area contributed by atoms with E-state index in [2.05, 4.69) is 4.90 Å². The summed E-state index contributed by atoms with van der Waals surface area (Å²) in [6.45, 7) is 2.60. The second kappa shape index (κ2) is 5.85. The predicted octanol–water partition coefficient (Wildman–Crippen LogP) is 2.73. The van der Waals surface area contributed by atoms with Crippen LogP contribution in [0.3, 0.4) is 0 Å². The van der Waals surface area contributed by atoms with Crippen LogP contribution in [0.1, 0.15) is 42.7 Å². The minimum absolute atomic E-state index is 0.102. The highest BCUT2D eigenvalue weighted by Crippen LogP contribution is 2.11. The molecule has 1 aliphatic rings. The topological polar surface area (TPSA) is 33.5 Å². The maximum Gasteiger partial charge on any atom is 0.211 e. The van der Waals surface area contributed by atoms with Gasteiger partial charge in [0.15, 0.2) is 5.76 Å². The van der Waals surface area contributed by atoms with E-state index in [4.69, 9.17) is 4.42 Å². The molecule has 0 amide bonds. The molecule has 3 nitrogen and oxygen atoms in total. The van der Waals surface area contributed by atoms with Gasteiger partial charge in [0.05, 0.1) is 12.8 Å². The number of hydrogen-bond donors (Lipinski definition) is 0. The van der Waals surface area contributed by atoms with E-state index in [0.29, 0.717) is 12.3 Å². The number of likely N-dealkylation sites (tertiary alicyclic amines) is 1. The van der Waals surface area contributed by atoms with E-state index in [1.54, 1.807) is 18.4 Å². The number of Topliss-reactive ketones (excluding diaryl/α,β-unsaturated/α-hetero) is 1. The van der Waals surface area contributed by atoms with Crippen molar-refractivity contribution in [2.75, 3.05) is 19.6 Å². The first kappa shape index (κ1) is 11.4. The molecule has 0 unspecified atom stereocenters. The average molecular weight is 221 g/mol. The van der Waals surface area contributed by atoms with Crippen LogP contribution >= 0.6 is 0 Å². The number of carbonyl (C=O) groups excluding carboxylic acids is 1. The molecule has 1 aliphatic heterocycles. The van der Waals surface area contributed by atoms with Gasteiger partial charge in [-0.05, 0) is 38.1 Å². The molecule has 2 heterocycles. The molecule has 0 spiro atoms. The summed E-state index contributed by atoms with van der Waals surface area (Å²) in [7, 11) is 0. The van der Waals surface area contributed by atoms with Crippen molar-refractivity contribution in [3.8, 4) is 0 Å². The Morgan fingerprint density at radius 1 is 1.19 bits per heavy atom. The monoisotopic (exact) mass is 221 g/mol. The maximum absolute atomic E-state index is 11.8. The maximum atomic E-state index is 11.8. The van der Waals surface area contributed by atoms with Crippen molar-refractivity contribution in [2.45, 2.75) is 32.1 Å². The van der Waals surface area contributed by atoms with Gasteiger partial charge in [-0.3, -0.25) is 9.69 Å². The molecular formula is C13H19NO2. The van der Waals surface area contributed by atoms with Crippen molar-refractivity contribution < 1.29 is 9.21 Å². The van der Waals surface area contributed by atoms with Gasteiger partial charge in [-0.2, -0.15) is 0 Å². The highest BCUT2D eigenvalue weighted by Gasteiger charge is 2.15. The highest BCUT2D eigenvalue weighted by atomic mass is 16.3. The Morgan fingerprint density at radius 3 is 2.50 bits per heavy atom. The van der Waals surface area contributed by atoms with E-state index >= 15 is 0 Å². The van der Waals surface area contributed by atoms with Gasteiger partial charge in [0.2, 0.25) is 5.78 Å². The normalized spacial score (nSPS) is 19.0. The second-order valence-corrected chi connectivity index (χ2v) is 4.44. The zero-order chi connectivity index (χ0) is 11.2. The minimum Gasteiger partial charge on any atom is -0.461 e. The van der Waals surface area contributed by atoms with Gasteiger partial charge in [0.25, 0.3) is 0 Å². The lowest BCUT2D eigenvalue weighted by Crippen LogP contribution is -2.32. The number of hydrogen-bond acceptors (Lipinski definition) is 3. The smallest absolute Gasteiger partial charge is 0.211 e. The van der Waals surface area contributed by atoms with Crippen LogP contribution in [0.4, 0.5) is 0 Å². The Kier molecular flexibility index (Phi) is 4.17. The first-order valence-electron chi connectivity index (χ1n) is 6.15. The van der Waals surface area contributed by atoms with E-state index in [1.807, 2.05) is 0 Å². The average Bonchev–Trinajstić information content (AvgIpc) is 2.74. The largest absolute Gasteiger partial charge is 0.461 e. The van der Waals surface area contributed by atoms with Crippen molar-refractivity contribution in [1.82, 2.24) is 4.90 Å². The second-order valence-electron chi connectivity index (χ2n) is 4.44. The van der Waals surface area contributed by atoms with Gasteiger partial charge < -0.3 is 4.42 Å². The molecule has 88 valence electrons. The highest BCUT2D eigenvalue weighted by molar-refractivity contribution is 5.94. The molecule has 0 radical (unpaired) electrons. The molecule has 16 heavy (non-hydrogen) atoms. The van der Waals surface area contributed by atoms with Gasteiger partial charge >= 0.3 is 0 Å². The lowest BCUT2D eigenvalue weighted by atomic mass is 10.1. The third-order valence-corrected chi connectivity index (χ3v) is 3.11. The molecule has 0 aliphatic carbocycles. The molecular weight excluding hydrogens is 202 g/mol. The van der Waals surface area contributed by atoms with Gasteiger partial charge in [0.1, 0.15) is 0 Å². The Balaban J connectivity index is 1.85. The van der Waals surface area contributed by atoms with Crippen LogP contribution in [-0.2, 0) is 0 Å². The summed E-state index contributed by atoms with van der Waals surface area (Å²) in [6, 6.07) is 3.51. The van der Waals surface area contributed by atoms with Crippen LogP contribution in [0, 0.1) is 0 Å². The molecule has 2 rings (SSSR count). The van der Waals surface area contributed by atoms with E-state index in [9.17, 15) is 4.79 Å². The third-order valence-electron chi connectivity index (χ3n) is 3.11. The molecule has 1 aromatic heterocycles. The molecule has 1 saturated heterocycles. The summed E-state index contributed by atoms with van der Waals surface area (Å²) in [5.74, 6) is 0.590. The van der Waals surface area contributed by atoms with Gasteiger partial charge in [0, 0.05) is 0 Å². The molecule has 1 aromatic rings. The van der Waals surface area contributed by atoms with Crippen LogP contribution in [-0.4, -0.2) is 30.3 Å². The van der Waals surface area contributed by atoms with Crippen LogP contribution in [0.2, 0.25) is 0 Å². The van der Waals surface area contributed by atoms with Crippen molar-refractivity contribution in [2.24, 2.45) is 0 Å². The predicted molar refractivity (Wildman–Crippen MR) is 62.6 cm³/mol. The Labute approximate surface area is 96.4 Å². The lowest BCUT2D eigenvalue weighted by Gasteiger charge is -2.23. The number of furan rings is 1. The standard InChI is InChI=1S/C13H19NO2/c15-12(13-7-6-10-16-13)11-14-8-4-2-1-3-5-9-14/h6-7,10H,1-5,8-9,11H2. The summed E-state index contributed by atoms with van der Waals surface area (Å²) < 4.78 is 5.12. The van der Waals surface area contributed by atoms with Gasteiger partial charge in [-0.25, -0.2) is 0 Å². The first-order chi connectivity index (χ1) is 7.86. The fourth-order valence-electron chi connectivity index (χ4n) is 2.19. The molecule has 0 atom stereocenters. The van der Waals surface area contributed by atoms with E-state index in [1.165, 1.54) is 32.1 Å². The number of ketones is 1. The molecule has 3 heteroatoms. The van der Waals surface area contributed by atoms with Gasteiger partial charge in [-0.1, -0.05) is 19.3 Å². The van der Waals surface area contributed by atoms with Crippen LogP contribution in [0.15, 0.2) is 22.8 Å².